The van der Waals surface area contributed by atoms with E-state index in [1.165, 1.54) is 0 Å². The smallest absolute Gasteiger partial charge is 0.0272 e. The van der Waals surface area contributed by atoms with Crippen molar-refractivity contribution in [3.63, 3.8) is 0 Å². The molecule has 0 bridgehead atoms. The second-order valence-electron chi connectivity index (χ2n) is 2.25. The number of hydrogen-bond donors (Lipinski definition) is 0. The van der Waals surface area contributed by atoms with Crippen molar-refractivity contribution in [1.82, 2.24) is 0 Å². The van der Waals surface area contributed by atoms with Crippen LogP contribution in [0.5, 0.6) is 0 Å². The lowest BCUT2D eigenvalue weighted by atomic mass is 9.78. The molecule has 0 amide bonds. The summed E-state index contributed by atoms with van der Waals surface area (Å²) in [4.78, 5) is 0. The first kappa shape index (κ1) is 1.21. The van der Waals surface area contributed by atoms with Crippen LogP contribution in [0.4, 0.5) is 0 Å². The Morgan fingerprint density at radius 1 is 1.12 bits per heavy atom. The summed E-state index contributed by atoms with van der Waals surface area (Å²) in [6, 6.07) is 0. The number of hydrogen-bond acceptors (Lipinski definition) is 0. The molecule has 0 radical (unpaired) electrons. The van der Waals surface area contributed by atoms with Gasteiger partial charge in [0.05, 0.1) is 0 Å². The summed E-state index contributed by atoms with van der Waals surface area (Å²) in [7, 11) is 0. The predicted molar refractivity (Wildman–Crippen MR) is 36.9 cm³/mol. The highest BCUT2D eigenvalue weighted by molar-refractivity contribution is 4.72. The molecular weight excluding hydrogens is 96.1 g/mol. The molecule has 48 valence electrons. The topological polar surface area (TPSA) is 0 Å². The summed E-state index contributed by atoms with van der Waals surface area (Å²) < 4.78 is 76.7. The first-order valence-electron chi connectivity index (χ1n) is 7.50. The molecule has 0 aromatic heterocycles. The zero-order chi connectivity index (χ0) is 15.0. The molecule has 1 saturated carbocycles. The van der Waals surface area contributed by atoms with E-state index in [0.717, 1.165) is 13.8 Å². The predicted octanol–water partition coefficient (Wildman–Crippen LogP) is 2.98. The van der Waals surface area contributed by atoms with Gasteiger partial charge in [-0.25, -0.2) is 0 Å². The van der Waals surface area contributed by atoms with Crippen molar-refractivity contribution in [2.75, 3.05) is 0 Å². The second kappa shape index (κ2) is 2.08. The highest BCUT2D eigenvalue weighted by Crippen LogP contribution is 2.34. The van der Waals surface area contributed by atoms with Crippen LogP contribution in [0.15, 0.2) is 0 Å². The normalized spacial score (nSPS) is 77.8. The molecule has 0 unspecified atom stereocenters. The standard InChI is InChI=1S/C8H16/c1-8(2)6-4-3-5-7-8/h3-7H2,1-2H3/i3D2,4D2,5D2,6D2,7D2. The van der Waals surface area contributed by atoms with E-state index in [2.05, 4.69) is 0 Å². The van der Waals surface area contributed by atoms with Gasteiger partial charge in [0.25, 0.3) is 0 Å². The van der Waals surface area contributed by atoms with Crippen LogP contribution < -0.4 is 0 Å². The van der Waals surface area contributed by atoms with Crippen LogP contribution in [0.3, 0.4) is 0 Å². The maximum Gasteiger partial charge on any atom is 0.0272 e. The Morgan fingerprint density at radius 3 is 2.12 bits per heavy atom. The van der Waals surface area contributed by atoms with Gasteiger partial charge in [0, 0.05) is 13.7 Å². The molecule has 1 rings (SSSR count). The fraction of sp³-hybridized carbons (Fsp3) is 1.00. The molecule has 0 atom stereocenters. The third kappa shape index (κ3) is 1.50. The fourth-order valence-electron chi connectivity index (χ4n) is 0.438. The van der Waals surface area contributed by atoms with Gasteiger partial charge in [-0.05, 0) is 18.2 Å². The maximum atomic E-state index is 7.76. The van der Waals surface area contributed by atoms with Gasteiger partial charge in [-0.2, -0.15) is 0 Å². The first-order chi connectivity index (χ1) is 7.50. The quantitative estimate of drug-likeness (QED) is 0.463. The summed E-state index contributed by atoms with van der Waals surface area (Å²) in [6.07, 6.45) is -15.3. The molecule has 8 heavy (non-hydrogen) atoms. The minimum atomic E-state index is -3.29. The van der Waals surface area contributed by atoms with Gasteiger partial charge < -0.3 is 0 Å². The molecular formula is C8H16. The van der Waals surface area contributed by atoms with Gasteiger partial charge in [-0.15, -0.1) is 0 Å². The molecule has 0 heteroatoms. The van der Waals surface area contributed by atoms with E-state index in [4.69, 9.17) is 13.7 Å². The summed E-state index contributed by atoms with van der Waals surface area (Å²) in [5.74, 6) is 0. The van der Waals surface area contributed by atoms with E-state index in [-0.39, 0.29) is 0 Å². The Morgan fingerprint density at radius 2 is 1.62 bits per heavy atom. The van der Waals surface area contributed by atoms with Crippen molar-refractivity contribution in [1.29, 1.82) is 0 Å². The van der Waals surface area contributed by atoms with E-state index in [1.54, 1.807) is 0 Å². The van der Waals surface area contributed by atoms with Crippen LogP contribution in [0, 0.1) is 5.41 Å². The van der Waals surface area contributed by atoms with Crippen LogP contribution in [-0.4, -0.2) is 0 Å². The van der Waals surface area contributed by atoms with Crippen molar-refractivity contribution in [2.45, 2.75) is 45.7 Å². The molecule has 0 aliphatic heterocycles. The highest BCUT2D eigenvalue weighted by atomic mass is 14.3. The minimum absolute atomic E-state index is 1.08. The van der Waals surface area contributed by atoms with Gasteiger partial charge in [-0.1, -0.05) is 33.0 Å². The number of rotatable bonds is 0. The Bertz CT molecular complexity index is 249. The Labute approximate surface area is 66.3 Å². The van der Waals surface area contributed by atoms with Crippen LogP contribution in [0.1, 0.15) is 59.4 Å². The molecule has 0 aromatic carbocycles. The fourth-order valence-corrected chi connectivity index (χ4v) is 0.438. The van der Waals surface area contributed by atoms with Gasteiger partial charge >= 0.3 is 0 Å². The zero-order valence-electron chi connectivity index (χ0n) is 15.0. The average molecular weight is 122 g/mol. The SMILES string of the molecule is [2H]C1([2H])C([2H])([2H])C([2H])([2H])C(C)(C)C([2H])([2H])C1([2H])[2H]. The van der Waals surface area contributed by atoms with Gasteiger partial charge in [-0.3, -0.25) is 0 Å². The van der Waals surface area contributed by atoms with E-state index >= 15 is 0 Å². The lowest BCUT2D eigenvalue weighted by Gasteiger charge is -2.28. The van der Waals surface area contributed by atoms with Crippen molar-refractivity contribution in [3.8, 4) is 0 Å². The Kier molecular flexibility index (Phi) is 0.315. The molecule has 0 nitrogen and oxygen atoms in total. The molecule has 0 saturated heterocycles. The highest BCUT2D eigenvalue weighted by Gasteiger charge is 2.19. The zero-order valence-corrected chi connectivity index (χ0v) is 5.00. The van der Waals surface area contributed by atoms with Gasteiger partial charge in [0.1, 0.15) is 0 Å². The van der Waals surface area contributed by atoms with Crippen molar-refractivity contribution >= 4 is 0 Å². The summed E-state index contributed by atoms with van der Waals surface area (Å²) in [6.45, 7) is 2.16. The van der Waals surface area contributed by atoms with E-state index in [0.29, 0.717) is 0 Å². The lowest BCUT2D eigenvalue weighted by molar-refractivity contribution is 0.244. The largest absolute Gasteiger partial charge is 0.0599 e. The molecule has 0 spiro atoms. The summed E-state index contributed by atoms with van der Waals surface area (Å²) in [5.41, 5.74) is -2.03. The third-order valence-corrected chi connectivity index (χ3v) is 0.875. The molecule has 0 N–H and O–H groups in total. The van der Waals surface area contributed by atoms with Crippen LogP contribution in [0.25, 0.3) is 0 Å². The van der Waals surface area contributed by atoms with Crippen molar-refractivity contribution < 1.29 is 13.7 Å². The Balaban J connectivity index is 3.72. The molecule has 1 aliphatic rings. The summed E-state index contributed by atoms with van der Waals surface area (Å²) >= 11 is 0. The molecule has 0 aromatic rings. The van der Waals surface area contributed by atoms with Crippen molar-refractivity contribution in [2.24, 2.45) is 5.41 Å². The van der Waals surface area contributed by atoms with E-state index in [1.807, 2.05) is 0 Å². The molecule has 1 fully saturated rings. The van der Waals surface area contributed by atoms with Gasteiger partial charge in [0.15, 0.2) is 0 Å². The lowest BCUT2D eigenvalue weighted by Crippen LogP contribution is -2.14. The summed E-state index contributed by atoms with van der Waals surface area (Å²) in [5, 5.41) is 0. The molecule has 1 aliphatic carbocycles. The van der Waals surface area contributed by atoms with Crippen LogP contribution >= 0.6 is 0 Å². The monoisotopic (exact) mass is 122 g/mol. The maximum absolute atomic E-state index is 7.76. The average Bonchev–Trinajstić information content (AvgIpc) is 2.14. The minimum Gasteiger partial charge on any atom is -0.0599 e. The van der Waals surface area contributed by atoms with Crippen molar-refractivity contribution in [3.05, 3.63) is 0 Å². The Hall–Kier alpha value is 0. The van der Waals surface area contributed by atoms with Crippen LogP contribution in [-0.2, 0) is 0 Å². The van der Waals surface area contributed by atoms with E-state index in [9.17, 15) is 0 Å². The van der Waals surface area contributed by atoms with Gasteiger partial charge in [0.2, 0.25) is 0 Å². The van der Waals surface area contributed by atoms with Crippen LogP contribution in [0.2, 0.25) is 0 Å². The van der Waals surface area contributed by atoms with E-state index < -0.39 is 37.3 Å². The second-order valence-corrected chi connectivity index (χ2v) is 2.25. The first-order valence-corrected chi connectivity index (χ1v) is 2.50. The molecule has 0 heterocycles. The third-order valence-electron chi connectivity index (χ3n) is 0.875.